The maximum atomic E-state index is 2.43. The molecule has 0 unspecified atom stereocenters. The van der Waals surface area contributed by atoms with E-state index in [1.807, 2.05) is 0 Å². The molecule has 0 atom stereocenters. The van der Waals surface area contributed by atoms with Gasteiger partial charge in [0, 0.05) is 17.1 Å². The first kappa shape index (κ1) is 31.1. The van der Waals surface area contributed by atoms with E-state index in [0.29, 0.717) is 0 Å². The van der Waals surface area contributed by atoms with Gasteiger partial charge >= 0.3 is 0 Å². The molecule has 1 nitrogen and oxygen atoms in total. The Balaban J connectivity index is 1.32. The summed E-state index contributed by atoms with van der Waals surface area (Å²) < 4.78 is 0. The minimum atomic E-state index is -2.79. The minimum Gasteiger partial charge on any atom is -0.311 e. The third kappa shape index (κ3) is 5.98. The number of anilines is 3. The molecule has 0 amide bonds. The molecule has 0 N–H and O–H groups in total. The van der Waals surface area contributed by atoms with E-state index in [1.54, 1.807) is 0 Å². The molecular weight excluding hydrogens is 619 g/mol. The van der Waals surface area contributed by atoms with Crippen LogP contribution in [0.25, 0.3) is 22.3 Å². The number of hydrogen-bond acceptors (Lipinski definition) is 1. The van der Waals surface area contributed by atoms with Gasteiger partial charge in [-0.15, -0.1) is 0 Å². The Bertz CT molecular complexity index is 2210. The maximum Gasteiger partial charge on any atom is 0.179 e. The van der Waals surface area contributed by atoms with Crippen LogP contribution in [-0.2, 0) is 0 Å². The van der Waals surface area contributed by atoms with Gasteiger partial charge in [-0.1, -0.05) is 182 Å². The predicted octanol–water partition coefficient (Wildman–Crippen LogP) is 9.87. The lowest BCUT2D eigenvalue weighted by molar-refractivity contribution is 1.29. The number of hydrogen-bond donors (Lipinski definition) is 0. The minimum absolute atomic E-state index is 1.13. The summed E-state index contributed by atoms with van der Waals surface area (Å²) in [4.78, 5) is 2.36. The molecule has 0 fully saturated rings. The molecule has 0 radical (unpaired) electrons. The molecule has 2 heteroatoms. The summed E-state index contributed by atoms with van der Waals surface area (Å²) >= 11 is 0. The molecule has 0 saturated carbocycles. The van der Waals surface area contributed by atoms with Crippen LogP contribution in [0.1, 0.15) is 0 Å². The SMILES string of the molecule is c1ccc(-c2cccc(-c3ccc([Si](c4ccccc4)(c4ccccc4)c4cccc(N(c5ccccc5)c5ccccc5)c4)cc3)c2)cc1. The van der Waals surface area contributed by atoms with Gasteiger partial charge in [0.2, 0.25) is 0 Å². The zero-order valence-electron chi connectivity index (χ0n) is 27.8. The van der Waals surface area contributed by atoms with E-state index in [9.17, 15) is 0 Å². The monoisotopic (exact) mass is 655 g/mol. The van der Waals surface area contributed by atoms with E-state index in [1.165, 1.54) is 43.0 Å². The van der Waals surface area contributed by atoms with E-state index in [2.05, 4.69) is 229 Å². The van der Waals surface area contributed by atoms with Gasteiger partial charge in [0.25, 0.3) is 0 Å². The van der Waals surface area contributed by atoms with Crippen LogP contribution < -0.4 is 25.6 Å². The molecule has 0 spiro atoms. The maximum absolute atomic E-state index is 2.79. The van der Waals surface area contributed by atoms with E-state index in [0.717, 1.165) is 17.1 Å². The Hall–Kier alpha value is -6.22. The molecule has 0 heterocycles. The number of benzene rings is 8. The highest BCUT2D eigenvalue weighted by molar-refractivity contribution is 7.19. The molecule has 8 aromatic carbocycles. The average molecular weight is 656 g/mol. The second-order valence-corrected chi connectivity index (χ2v) is 16.4. The van der Waals surface area contributed by atoms with Crippen molar-refractivity contribution < 1.29 is 0 Å². The fourth-order valence-electron chi connectivity index (χ4n) is 7.28. The Morgan fingerprint density at radius 2 is 0.600 bits per heavy atom. The second kappa shape index (κ2) is 14.1. The van der Waals surface area contributed by atoms with Gasteiger partial charge in [-0.3, -0.25) is 0 Å². The third-order valence-corrected chi connectivity index (χ3v) is 14.4. The fourth-order valence-corrected chi connectivity index (χ4v) is 12.0. The number of rotatable bonds is 9. The lowest BCUT2D eigenvalue weighted by atomic mass is 9.99. The van der Waals surface area contributed by atoms with Crippen molar-refractivity contribution in [3.63, 3.8) is 0 Å². The highest BCUT2D eigenvalue weighted by Crippen LogP contribution is 2.34. The smallest absolute Gasteiger partial charge is 0.179 e. The standard InChI is InChI=1S/C48H37NSi/c1-6-18-38(19-7-1)40-20-16-21-41(36-40)39-32-34-47(35-33-39)50(45-27-12-4-13-28-45,46-29-14-5-15-30-46)48-31-17-26-44(37-48)49(42-22-8-2-9-23-42)43-24-10-3-11-25-43/h1-37H. The van der Waals surface area contributed by atoms with Crippen LogP contribution in [-0.4, -0.2) is 8.07 Å². The highest BCUT2D eigenvalue weighted by Gasteiger charge is 2.41. The van der Waals surface area contributed by atoms with Crippen molar-refractivity contribution in [3.8, 4) is 22.3 Å². The van der Waals surface area contributed by atoms with Crippen LogP contribution in [0.3, 0.4) is 0 Å². The van der Waals surface area contributed by atoms with Crippen molar-refractivity contribution in [1.29, 1.82) is 0 Å². The predicted molar refractivity (Wildman–Crippen MR) is 216 cm³/mol. The lowest BCUT2D eigenvalue weighted by Crippen LogP contribution is -2.74. The van der Waals surface area contributed by atoms with Gasteiger partial charge in [-0.2, -0.15) is 0 Å². The Kier molecular flexibility index (Phi) is 8.76. The zero-order chi connectivity index (χ0) is 33.6. The first-order valence-electron chi connectivity index (χ1n) is 17.2. The van der Waals surface area contributed by atoms with Crippen molar-refractivity contribution in [2.75, 3.05) is 4.90 Å². The van der Waals surface area contributed by atoms with Gasteiger partial charge < -0.3 is 4.90 Å². The van der Waals surface area contributed by atoms with Crippen molar-refractivity contribution in [2.45, 2.75) is 0 Å². The summed E-state index contributed by atoms with van der Waals surface area (Å²) in [6.07, 6.45) is 0. The van der Waals surface area contributed by atoms with Crippen LogP contribution in [0, 0.1) is 0 Å². The third-order valence-electron chi connectivity index (χ3n) is 9.60. The number of nitrogens with zero attached hydrogens (tertiary/aromatic N) is 1. The van der Waals surface area contributed by atoms with Crippen molar-refractivity contribution in [2.24, 2.45) is 0 Å². The van der Waals surface area contributed by atoms with Crippen LogP contribution in [0.4, 0.5) is 17.1 Å². The Labute approximate surface area is 296 Å². The first-order valence-corrected chi connectivity index (χ1v) is 19.2. The molecule has 0 aliphatic carbocycles. The van der Waals surface area contributed by atoms with Crippen molar-refractivity contribution in [1.82, 2.24) is 0 Å². The van der Waals surface area contributed by atoms with Gasteiger partial charge in [0.15, 0.2) is 8.07 Å². The zero-order valence-corrected chi connectivity index (χ0v) is 28.8. The summed E-state index contributed by atoms with van der Waals surface area (Å²) in [5.41, 5.74) is 8.27. The molecule has 0 saturated heterocycles. The first-order chi connectivity index (χ1) is 24.8. The lowest BCUT2D eigenvalue weighted by Gasteiger charge is -2.35. The quantitative estimate of drug-likeness (QED) is 0.111. The van der Waals surface area contributed by atoms with E-state index >= 15 is 0 Å². The molecule has 0 aliphatic heterocycles. The van der Waals surface area contributed by atoms with Crippen LogP contribution in [0.15, 0.2) is 224 Å². The average Bonchev–Trinajstić information content (AvgIpc) is 3.21. The summed E-state index contributed by atoms with van der Waals surface area (Å²) in [6.45, 7) is 0. The summed E-state index contributed by atoms with van der Waals surface area (Å²) in [5, 5.41) is 5.39. The second-order valence-electron chi connectivity index (χ2n) is 12.6. The highest BCUT2D eigenvalue weighted by atomic mass is 28.3. The van der Waals surface area contributed by atoms with E-state index in [4.69, 9.17) is 0 Å². The molecule has 0 aliphatic rings. The largest absolute Gasteiger partial charge is 0.311 e. The Morgan fingerprint density at radius 1 is 0.240 bits per heavy atom. The van der Waals surface area contributed by atoms with Gasteiger partial charge in [-0.25, -0.2) is 0 Å². The molecule has 238 valence electrons. The summed E-state index contributed by atoms with van der Waals surface area (Å²) in [5.74, 6) is 0. The number of para-hydroxylation sites is 2. The van der Waals surface area contributed by atoms with Crippen LogP contribution in [0.5, 0.6) is 0 Å². The molecule has 50 heavy (non-hydrogen) atoms. The summed E-state index contributed by atoms with van der Waals surface area (Å²) in [7, 11) is -2.79. The topological polar surface area (TPSA) is 3.24 Å². The van der Waals surface area contributed by atoms with Crippen LogP contribution in [0.2, 0.25) is 0 Å². The molecule has 0 bridgehead atoms. The molecule has 8 rings (SSSR count). The fraction of sp³-hybridized carbons (Fsp3) is 0. The van der Waals surface area contributed by atoms with Crippen molar-refractivity contribution in [3.05, 3.63) is 224 Å². The van der Waals surface area contributed by atoms with Crippen molar-refractivity contribution >= 4 is 45.9 Å². The van der Waals surface area contributed by atoms with Gasteiger partial charge in [0.05, 0.1) is 0 Å². The summed E-state index contributed by atoms with van der Waals surface area (Å²) in [6, 6.07) is 81.8. The molecule has 0 aromatic heterocycles. The van der Waals surface area contributed by atoms with Crippen LogP contribution >= 0.6 is 0 Å². The molecular formula is C48H37NSi. The van der Waals surface area contributed by atoms with E-state index in [-0.39, 0.29) is 0 Å². The van der Waals surface area contributed by atoms with E-state index < -0.39 is 8.07 Å². The van der Waals surface area contributed by atoms with Gasteiger partial charge in [-0.05, 0) is 85.5 Å². The van der Waals surface area contributed by atoms with Gasteiger partial charge in [0.1, 0.15) is 0 Å². The molecule has 8 aromatic rings. The normalized spacial score (nSPS) is 11.2. The Morgan fingerprint density at radius 3 is 1.12 bits per heavy atom.